The van der Waals surface area contributed by atoms with Gasteiger partial charge in [0.25, 0.3) is 0 Å². The number of rotatable bonds is 2. The Hall–Kier alpha value is -2.12. The summed E-state index contributed by atoms with van der Waals surface area (Å²) in [4.78, 5) is 11.2. The van der Waals surface area contributed by atoms with Crippen LogP contribution in [-0.2, 0) is 0 Å². The fourth-order valence-electron chi connectivity index (χ4n) is 1.46. The van der Waals surface area contributed by atoms with Crippen molar-refractivity contribution in [2.75, 3.05) is 0 Å². The van der Waals surface area contributed by atoms with Gasteiger partial charge in [-0.1, -0.05) is 23.7 Å². The van der Waals surface area contributed by atoms with E-state index in [1.54, 1.807) is 24.3 Å². The summed E-state index contributed by atoms with van der Waals surface area (Å²) in [5.41, 5.74) is 2.14. The molecule has 17 heavy (non-hydrogen) atoms. The van der Waals surface area contributed by atoms with Crippen molar-refractivity contribution >= 4 is 17.4 Å². The van der Waals surface area contributed by atoms with Crippen LogP contribution in [0.15, 0.2) is 24.3 Å². The molecule has 0 aliphatic carbocycles. The molecular formula is C12H8ClN3O. The number of aromatic amines is 1. The van der Waals surface area contributed by atoms with Crippen molar-refractivity contribution < 1.29 is 4.79 Å². The van der Waals surface area contributed by atoms with Crippen LogP contribution < -0.4 is 0 Å². The SMILES string of the molecule is CC(=O)c1[nH]nc(-c2ccc(C#N)cc2)c1Cl. The van der Waals surface area contributed by atoms with Crippen molar-refractivity contribution in [3.05, 3.63) is 40.5 Å². The lowest BCUT2D eigenvalue weighted by Gasteiger charge is -1.97. The van der Waals surface area contributed by atoms with Gasteiger partial charge in [0, 0.05) is 12.5 Å². The van der Waals surface area contributed by atoms with E-state index in [0.717, 1.165) is 5.56 Å². The topological polar surface area (TPSA) is 69.5 Å². The Kier molecular flexibility index (Phi) is 2.94. The highest BCUT2D eigenvalue weighted by molar-refractivity contribution is 6.36. The molecule has 0 amide bonds. The molecule has 0 fully saturated rings. The van der Waals surface area contributed by atoms with Crippen LogP contribution in [0, 0.1) is 11.3 Å². The monoisotopic (exact) mass is 245 g/mol. The molecule has 1 N–H and O–H groups in total. The van der Waals surface area contributed by atoms with Crippen LogP contribution in [0.25, 0.3) is 11.3 Å². The molecule has 0 radical (unpaired) electrons. The Bertz CT molecular complexity index is 608. The van der Waals surface area contributed by atoms with E-state index in [4.69, 9.17) is 16.9 Å². The van der Waals surface area contributed by atoms with Crippen molar-refractivity contribution in [2.45, 2.75) is 6.92 Å². The van der Waals surface area contributed by atoms with Gasteiger partial charge in [0.15, 0.2) is 5.78 Å². The van der Waals surface area contributed by atoms with Gasteiger partial charge < -0.3 is 0 Å². The Balaban J connectivity index is 2.47. The normalized spacial score (nSPS) is 9.94. The molecule has 0 bridgehead atoms. The number of carbonyl (C=O) groups is 1. The molecule has 0 saturated carbocycles. The molecule has 5 heteroatoms. The van der Waals surface area contributed by atoms with Crippen molar-refractivity contribution in [3.63, 3.8) is 0 Å². The molecule has 0 aliphatic heterocycles. The van der Waals surface area contributed by atoms with Gasteiger partial charge in [-0.3, -0.25) is 9.89 Å². The number of H-pyrrole nitrogens is 1. The van der Waals surface area contributed by atoms with Gasteiger partial charge in [0.1, 0.15) is 11.4 Å². The molecule has 2 rings (SSSR count). The number of nitrogens with zero attached hydrogens (tertiary/aromatic N) is 2. The average Bonchev–Trinajstić information content (AvgIpc) is 2.71. The number of Topliss-reactive ketones (excluding diaryl/α,β-unsaturated/α-hetero) is 1. The van der Waals surface area contributed by atoms with E-state index in [-0.39, 0.29) is 5.78 Å². The largest absolute Gasteiger partial charge is 0.293 e. The third-order valence-corrected chi connectivity index (χ3v) is 2.71. The summed E-state index contributed by atoms with van der Waals surface area (Å²) >= 11 is 6.05. The number of aromatic nitrogens is 2. The Morgan fingerprint density at radius 2 is 2.06 bits per heavy atom. The summed E-state index contributed by atoms with van der Waals surface area (Å²) in [6, 6.07) is 8.86. The van der Waals surface area contributed by atoms with Gasteiger partial charge in [-0.15, -0.1) is 0 Å². The fourth-order valence-corrected chi connectivity index (χ4v) is 1.78. The lowest BCUT2D eigenvalue weighted by molar-refractivity contribution is 0.101. The van der Waals surface area contributed by atoms with Gasteiger partial charge in [0.05, 0.1) is 16.7 Å². The standard InChI is InChI=1S/C12H8ClN3O/c1-7(17)11-10(13)12(16-15-11)9-4-2-8(6-14)3-5-9/h2-5H,1H3,(H,15,16). The highest BCUT2D eigenvalue weighted by Gasteiger charge is 2.15. The maximum atomic E-state index is 11.2. The first-order chi connectivity index (χ1) is 8.13. The minimum atomic E-state index is -0.164. The van der Waals surface area contributed by atoms with Gasteiger partial charge in [0.2, 0.25) is 0 Å². The highest BCUT2D eigenvalue weighted by atomic mass is 35.5. The van der Waals surface area contributed by atoms with E-state index < -0.39 is 0 Å². The number of nitriles is 1. The number of benzene rings is 1. The molecule has 2 aromatic rings. The molecule has 0 saturated heterocycles. The molecule has 0 unspecified atom stereocenters. The fraction of sp³-hybridized carbons (Fsp3) is 0.0833. The van der Waals surface area contributed by atoms with Crippen molar-refractivity contribution in [1.82, 2.24) is 10.2 Å². The summed E-state index contributed by atoms with van der Waals surface area (Å²) in [6.45, 7) is 1.42. The number of carbonyl (C=O) groups excluding carboxylic acids is 1. The quantitative estimate of drug-likeness (QED) is 0.827. The van der Waals surface area contributed by atoms with E-state index in [0.29, 0.717) is 22.0 Å². The van der Waals surface area contributed by atoms with Crippen molar-refractivity contribution in [2.24, 2.45) is 0 Å². The Labute approximate surface area is 103 Å². The zero-order valence-electron chi connectivity index (χ0n) is 8.99. The average molecular weight is 246 g/mol. The molecule has 0 spiro atoms. The Morgan fingerprint density at radius 1 is 1.41 bits per heavy atom. The number of ketones is 1. The number of nitrogens with one attached hydrogen (secondary N) is 1. The molecule has 0 aliphatic rings. The maximum Gasteiger partial charge on any atom is 0.179 e. The lowest BCUT2D eigenvalue weighted by atomic mass is 10.1. The zero-order chi connectivity index (χ0) is 12.4. The zero-order valence-corrected chi connectivity index (χ0v) is 9.75. The third kappa shape index (κ3) is 2.05. The molecule has 0 atom stereocenters. The van der Waals surface area contributed by atoms with Gasteiger partial charge >= 0.3 is 0 Å². The minimum absolute atomic E-state index is 0.164. The van der Waals surface area contributed by atoms with Gasteiger partial charge in [-0.05, 0) is 12.1 Å². The third-order valence-electron chi connectivity index (χ3n) is 2.35. The molecule has 4 nitrogen and oxygen atoms in total. The summed E-state index contributed by atoms with van der Waals surface area (Å²) < 4.78 is 0. The second-order valence-electron chi connectivity index (χ2n) is 3.51. The summed E-state index contributed by atoms with van der Waals surface area (Å²) in [5.74, 6) is -0.164. The van der Waals surface area contributed by atoms with E-state index in [2.05, 4.69) is 10.2 Å². The van der Waals surface area contributed by atoms with Crippen molar-refractivity contribution in [3.8, 4) is 17.3 Å². The van der Waals surface area contributed by atoms with Gasteiger partial charge in [-0.2, -0.15) is 10.4 Å². The first-order valence-electron chi connectivity index (χ1n) is 4.89. The predicted octanol–water partition coefficient (Wildman–Crippen LogP) is 2.80. The van der Waals surface area contributed by atoms with Crippen LogP contribution in [0.2, 0.25) is 5.02 Å². The van der Waals surface area contributed by atoms with E-state index >= 15 is 0 Å². The van der Waals surface area contributed by atoms with E-state index in [9.17, 15) is 4.79 Å². The lowest BCUT2D eigenvalue weighted by Crippen LogP contribution is -1.92. The van der Waals surface area contributed by atoms with Crippen molar-refractivity contribution in [1.29, 1.82) is 5.26 Å². The molecule has 84 valence electrons. The van der Waals surface area contributed by atoms with E-state index in [1.807, 2.05) is 6.07 Å². The number of halogens is 1. The van der Waals surface area contributed by atoms with E-state index in [1.165, 1.54) is 6.92 Å². The second-order valence-corrected chi connectivity index (χ2v) is 3.88. The number of hydrogen-bond donors (Lipinski definition) is 1. The molecular weight excluding hydrogens is 238 g/mol. The molecule has 1 aromatic heterocycles. The molecule has 1 heterocycles. The van der Waals surface area contributed by atoms with Gasteiger partial charge in [-0.25, -0.2) is 0 Å². The number of hydrogen-bond acceptors (Lipinski definition) is 3. The Morgan fingerprint density at radius 3 is 2.53 bits per heavy atom. The van der Waals surface area contributed by atoms with Crippen LogP contribution in [0.1, 0.15) is 23.0 Å². The highest BCUT2D eigenvalue weighted by Crippen LogP contribution is 2.28. The van der Waals surface area contributed by atoms with Crippen LogP contribution >= 0.6 is 11.6 Å². The maximum absolute atomic E-state index is 11.2. The first kappa shape index (κ1) is 11.4. The summed E-state index contributed by atoms with van der Waals surface area (Å²) in [6.07, 6.45) is 0. The summed E-state index contributed by atoms with van der Waals surface area (Å²) in [7, 11) is 0. The van der Waals surface area contributed by atoms with Crippen LogP contribution in [0.4, 0.5) is 0 Å². The van der Waals surface area contributed by atoms with Crippen LogP contribution in [0.3, 0.4) is 0 Å². The smallest absolute Gasteiger partial charge is 0.179 e. The minimum Gasteiger partial charge on any atom is -0.293 e. The molecule has 1 aromatic carbocycles. The first-order valence-corrected chi connectivity index (χ1v) is 5.26. The van der Waals surface area contributed by atoms with Crippen LogP contribution in [-0.4, -0.2) is 16.0 Å². The van der Waals surface area contributed by atoms with Crippen LogP contribution in [0.5, 0.6) is 0 Å². The summed E-state index contributed by atoms with van der Waals surface area (Å²) in [5, 5.41) is 15.6. The second kappa shape index (κ2) is 4.40. The predicted molar refractivity (Wildman–Crippen MR) is 63.8 cm³/mol.